The lowest BCUT2D eigenvalue weighted by Crippen LogP contribution is -2.35. The van der Waals surface area contributed by atoms with Crippen molar-refractivity contribution in [3.05, 3.63) is 0 Å². The number of hydrazone groups is 2. The molecule has 2 N–H and O–H groups in total. The van der Waals surface area contributed by atoms with Crippen molar-refractivity contribution in [2.75, 3.05) is 0 Å². The summed E-state index contributed by atoms with van der Waals surface area (Å²) in [6, 6.07) is 0. The van der Waals surface area contributed by atoms with Gasteiger partial charge in [0.2, 0.25) is 11.8 Å². The number of nitrogens with one attached hydrogen (secondary N) is 2. The first-order valence-corrected chi connectivity index (χ1v) is 9.61. The molecular formula is C20H36N4O2. The van der Waals surface area contributed by atoms with Crippen molar-refractivity contribution >= 4 is 24.2 Å². The van der Waals surface area contributed by atoms with Crippen LogP contribution in [0.25, 0.3) is 0 Å². The van der Waals surface area contributed by atoms with Gasteiger partial charge in [-0.2, -0.15) is 10.2 Å². The van der Waals surface area contributed by atoms with Crippen LogP contribution in [0.3, 0.4) is 0 Å². The quantitative estimate of drug-likeness (QED) is 0.554. The van der Waals surface area contributed by atoms with E-state index in [9.17, 15) is 9.59 Å². The molecule has 1 saturated carbocycles. The fraction of sp³-hybridized carbons (Fsp3) is 0.800. The minimum absolute atomic E-state index is 0.0442. The maximum Gasteiger partial charge on any atom is 0.243 e. The number of amides is 2. The lowest BCUT2D eigenvalue weighted by atomic mass is 9.81. The van der Waals surface area contributed by atoms with E-state index >= 15 is 0 Å². The normalized spacial score (nSPS) is 21.9. The van der Waals surface area contributed by atoms with E-state index in [1.54, 1.807) is 12.4 Å². The van der Waals surface area contributed by atoms with Crippen LogP contribution in [0.5, 0.6) is 0 Å². The molecule has 0 aromatic carbocycles. The van der Waals surface area contributed by atoms with Crippen LogP contribution in [0, 0.1) is 22.7 Å². The molecule has 26 heavy (non-hydrogen) atoms. The van der Waals surface area contributed by atoms with Gasteiger partial charge in [-0.05, 0) is 49.4 Å². The summed E-state index contributed by atoms with van der Waals surface area (Å²) in [5, 5.41) is 8.07. The molecule has 0 atom stereocenters. The van der Waals surface area contributed by atoms with Crippen LogP contribution >= 0.6 is 0 Å². The average molecular weight is 365 g/mol. The Kier molecular flexibility index (Phi) is 8.44. The van der Waals surface area contributed by atoms with Crippen molar-refractivity contribution in [3.8, 4) is 0 Å². The molecular weight excluding hydrogens is 328 g/mol. The highest BCUT2D eigenvalue weighted by molar-refractivity contribution is 5.81. The van der Waals surface area contributed by atoms with Crippen molar-refractivity contribution in [2.24, 2.45) is 32.9 Å². The number of hydrogen-bond donors (Lipinski definition) is 2. The summed E-state index contributed by atoms with van der Waals surface area (Å²) in [6.07, 6.45) is 7.99. The summed E-state index contributed by atoms with van der Waals surface area (Å²) in [6.45, 7) is 12.8. The SMILES string of the molecule is CC(C)(C)C/C=N/NC(=O)C1CCC(C(=O)N/N=C/CC(C)(C)C)CC1. The van der Waals surface area contributed by atoms with Crippen LogP contribution < -0.4 is 10.9 Å². The van der Waals surface area contributed by atoms with Crippen LogP contribution in [0.4, 0.5) is 0 Å². The van der Waals surface area contributed by atoms with Crippen molar-refractivity contribution in [1.29, 1.82) is 0 Å². The van der Waals surface area contributed by atoms with Crippen LogP contribution in [0.15, 0.2) is 10.2 Å². The number of carbonyl (C=O) groups excluding carboxylic acids is 2. The van der Waals surface area contributed by atoms with E-state index in [2.05, 4.69) is 62.6 Å². The minimum atomic E-state index is -0.0600. The highest BCUT2D eigenvalue weighted by Gasteiger charge is 2.29. The molecule has 0 aromatic rings. The zero-order valence-electron chi connectivity index (χ0n) is 17.3. The average Bonchev–Trinajstić information content (AvgIpc) is 2.53. The molecule has 0 aliphatic heterocycles. The smallest absolute Gasteiger partial charge is 0.243 e. The second kappa shape index (κ2) is 9.83. The molecule has 6 nitrogen and oxygen atoms in total. The van der Waals surface area contributed by atoms with Crippen LogP contribution in [0.2, 0.25) is 0 Å². The van der Waals surface area contributed by atoms with Gasteiger partial charge in [0, 0.05) is 24.3 Å². The topological polar surface area (TPSA) is 82.9 Å². The van der Waals surface area contributed by atoms with Crippen molar-refractivity contribution in [3.63, 3.8) is 0 Å². The predicted octanol–water partition coefficient (Wildman–Crippen LogP) is 3.87. The highest BCUT2D eigenvalue weighted by Crippen LogP contribution is 2.29. The first-order valence-electron chi connectivity index (χ1n) is 9.61. The van der Waals surface area contributed by atoms with E-state index in [-0.39, 0.29) is 34.5 Å². The highest BCUT2D eigenvalue weighted by atomic mass is 16.2. The Morgan fingerprint density at radius 1 is 0.769 bits per heavy atom. The van der Waals surface area contributed by atoms with Gasteiger partial charge < -0.3 is 0 Å². The second-order valence-corrected chi connectivity index (χ2v) is 9.65. The van der Waals surface area contributed by atoms with Crippen LogP contribution in [-0.4, -0.2) is 24.2 Å². The largest absolute Gasteiger partial charge is 0.273 e. The van der Waals surface area contributed by atoms with Gasteiger partial charge in [0.1, 0.15) is 0 Å². The summed E-state index contributed by atoms with van der Waals surface area (Å²) in [7, 11) is 0. The third-order valence-corrected chi connectivity index (χ3v) is 4.41. The molecule has 1 aliphatic rings. The van der Waals surface area contributed by atoms with Crippen molar-refractivity contribution in [2.45, 2.75) is 80.1 Å². The Balaban J connectivity index is 2.31. The Morgan fingerprint density at radius 3 is 1.35 bits per heavy atom. The van der Waals surface area contributed by atoms with Gasteiger partial charge in [-0.15, -0.1) is 0 Å². The summed E-state index contributed by atoms with van der Waals surface area (Å²) >= 11 is 0. The zero-order chi connectivity index (χ0) is 19.8. The first kappa shape index (κ1) is 22.3. The van der Waals surface area contributed by atoms with Crippen LogP contribution in [-0.2, 0) is 9.59 Å². The van der Waals surface area contributed by atoms with Gasteiger partial charge in [-0.25, -0.2) is 10.9 Å². The second-order valence-electron chi connectivity index (χ2n) is 9.65. The van der Waals surface area contributed by atoms with Crippen molar-refractivity contribution < 1.29 is 9.59 Å². The van der Waals surface area contributed by atoms with E-state index in [4.69, 9.17) is 0 Å². The molecule has 2 amide bonds. The minimum Gasteiger partial charge on any atom is -0.273 e. The molecule has 0 radical (unpaired) electrons. The summed E-state index contributed by atoms with van der Waals surface area (Å²) in [5.41, 5.74) is 5.59. The van der Waals surface area contributed by atoms with Gasteiger partial charge in [0.15, 0.2) is 0 Å². The predicted molar refractivity (Wildman–Crippen MR) is 107 cm³/mol. The molecule has 0 heterocycles. The van der Waals surface area contributed by atoms with Gasteiger partial charge in [0.25, 0.3) is 0 Å². The Bertz CT molecular complexity index is 471. The lowest BCUT2D eigenvalue weighted by molar-refractivity contribution is -0.130. The summed E-state index contributed by atoms with van der Waals surface area (Å²) in [4.78, 5) is 24.3. The van der Waals surface area contributed by atoms with E-state index in [0.29, 0.717) is 25.7 Å². The summed E-state index contributed by atoms with van der Waals surface area (Å²) < 4.78 is 0. The molecule has 6 heteroatoms. The van der Waals surface area contributed by atoms with Gasteiger partial charge in [-0.3, -0.25) is 9.59 Å². The number of nitrogens with zero attached hydrogens (tertiary/aromatic N) is 2. The van der Waals surface area contributed by atoms with Gasteiger partial charge in [0.05, 0.1) is 0 Å². The fourth-order valence-corrected chi connectivity index (χ4v) is 2.66. The van der Waals surface area contributed by atoms with Crippen LogP contribution in [0.1, 0.15) is 80.1 Å². The molecule has 1 fully saturated rings. The Morgan fingerprint density at radius 2 is 1.08 bits per heavy atom. The first-order chi connectivity index (χ1) is 12.0. The zero-order valence-corrected chi connectivity index (χ0v) is 17.3. The van der Waals surface area contributed by atoms with Crippen molar-refractivity contribution in [1.82, 2.24) is 10.9 Å². The number of carbonyl (C=O) groups is 2. The number of rotatable bonds is 6. The summed E-state index contributed by atoms with van der Waals surface area (Å²) in [5.74, 6) is -0.208. The molecule has 0 aromatic heterocycles. The number of hydrogen-bond acceptors (Lipinski definition) is 4. The maximum absolute atomic E-state index is 12.2. The molecule has 0 unspecified atom stereocenters. The monoisotopic (exact) mass is 364 g/mol. The van der Waals surface area contributed by atoms with Gasteiger partial charge in [-0.1, -0.05) is 41.5 Å². The third-order valence-electron chi connectivity index (χ3n) is 4.41. The standard InChI is InChI=1S/C20H36N4O2/c1-19(2,3)11-13-21-23-17(25)15-7-9-16(10-8-15)18(26)24-22-14-12-20(4,5)6/h13-16H,7-12H2,1-6H3,(H,23,25)(H,24,26)/b21-13+,22-14+. The van der Waals surface area contributed by atoms with E-state index in [1.807, 2.05) is 0 Å². The van der Waals surface area contributed by atoms with Gasteiger partial charge >= 0.3 is 0 Å². The third kappa shape index (κ3) is 9.68. The molecule has 148 valence electrons. The fourth-order valence-electron chi connectivity index (χ4n) is 2.66. The molecule has 1 rings (SSSR count). The Labute approximate surface area is 158 Å². The van der Waals surface area contributed by atoms with E-state index < -0.39 is 0 Å². The Hall–Kier alpha value is -1.72. The lowest BCUT2D eigenvalue weighted by Gasteiger charge is -2.25. The van der Waals surface area contributed by atoms with E-state index in [1.165, 1.54) is 0 Å². The molecule has 0 bridgehead atoms. The maximum atomic E-state index is 12.2. The molecule has 1 aliphatic carbocycles. The molecule has 0 saturated heterocycles. The van der Waals surface area contributed by atoms with E-state index in [0.717, 1.165) is 12.8 Å². The molecule has 0 spiro atoms.